The second-order valence-corrected chi connectivity index (χ2v) is 10.5. The van der Waals surface area contributed by atoms with Crippen LogP contribution in [-0.2, 0) is 4.43 Å². The summed E-state index contributed by atoms with van der Waals surface area (Å²) in [5.41, 5.74) is 2.77. The van der Waals surface area contributed by atoms with E-state index in [2.05, 4.69) is 105 Å². The quantitative estimate of drug-likeness (QED) is 0.480. The predicted molar refractivity (Wildman–Crippen MR) is 116 cm³/mol. The van der Waals surface area contributed by atoms with Crippen molar-refractivity contribution in [2.24, 2.45) is 0 Å². The Bertz CT molecular complexity index is 820. The van der Waals surface area contributed by atoms with Crippen molar-refractivity contribution >= 4 is 23.9 Å². The minimum Gasteiger partial charge on any atom is -0.391 e. The third-order valence-electron chi connectivity index (χ3n) is 5.60. The zero-order chi connectivity index (χ0) is 18.7. The molecule has 0 amide bonds. The molecule has 4 rings (SSSR count). The zero-order valence-electron chi connectivity index (χ0n) is 16.0. The normalized spacial score (nSPS) is 15.3. The summed E-state index contributed by atoms with van der Waals surface area (Å²) in [6.07, 6.45) is 3.26. The number of allylic oxidation sites excluding steroid dienone is 1. The van der Waals surface area contributed by atoms with Crippen molar-refractivity contribution in [3.63, 3.8) is 0 Å². The third kappa shape index (κ3) is 3.31. The van der Waals surface area contributed by atoms with Gasteiger partial charge in [0.1, 0.15) is 6.10 Å². The standard InChI is InChI=1S/C25H25OSi/c1-20-18-19-25(21(20)2)26-27(22-12-6-3-7-13-22,23-14-8-4-9-15-23)24-16-10-5-11-17-24/h3-17H,18-19H2,1-2H3. The minimum atomic E-state index is -2.63. The molecular formula is C25H25OSi. The van der Waals surface area contributed by atoms with Crippen LogP contribution in [0.15, 0.2) is 102 Å². The van der Waals surface area contributed by atoms with E-state index in [-0.39, 0.29) is 0 Å². The lowest BCUT2D eigenvalue weighted by Crippen LogP contribution is -2.69. The minimum absolute atomic E-state index is 0.999. The Labute approximate surface area is 163 Å². The van der Waals surface area contributed by atoms with Gasteiger partial charge in [0, 0.05) is 0 Å². The predicted octanol–water partition coefficient (Wildman–Crippen LogP) is 4.33. The third-order valence-corrected chi connectivity index (χ3v) is 9.59. The van der Waals surface area contributed by atoms with Crippen molar-refractivity contribution in [1.29, 1.82) is 0 Å². The van der Waals surface area contributed by atoms with Gasteiger partial charge in [0.25, 0.3) is 8.32 Å². The lowest BCUT2D eigenvalue weighted by molar-refractivity contribution is 0.346. The van der Waals surface area contributed by atoms with Crippen LogP contribution in [0.2, 0.25) is 0 Å². The summed E-state index contributed by atoms with van der Waals surface area (Å²) in [5.74, 6) is 0. The zero-order valence-corrected chi connectivity index (χ0v) is 17.0. The largest absolute Gasteiger partial charge is 0.391 e. The van der Waals surface area contributed by atoms with Crippen LogP contribution in [0.25, 0.3) is 0 Å². The summed E-state index contributed by atoms with van der Waals surface area (Å²) in [6.45, 7) is 4.43. The van der Waals surface area contributed by atoms with Crippen LogP contribution in [0.4, 0.5) is 0 Å². The molecule has 0 atom stereocenters. The molecule has 27 heavy (non-hydrogen) atoms. The molecule has 0 saturated heterocycles. The SMILES string of the molecule is CC1=C(C)[C](O[Si](c2ccccc2)(c2ccccc2)c2ccccc2)CC1. The molecule has 0 N–H and O–H groups in total. The first-order valence-electron chi connectivity index (χ1n) is 9.60. The maximum absolute atomic E-state index is 7.14. The first-order valence-corrected chi connectivity index (χ1v) is 11.5. The second kappa shape index (κ2) is 7.67. The lowest BCUT2D eigenvalue weighted by Gasteiger charge is -2.35. The van der Waals surface area contributed by atoms with Crippen LogP contribution < -0.4 is 15.6 Å². The van der Waals surface area contributed by atoms with Crippen LogP contribution in [-0.4, -0.2) is 8.32 Å². The Balaban J connectivity index is 1.95. The Hall–Kier alpha value is -2.42. The molecule has 0 fully saturated rings. The maximum Gasteiger partial charge on any atom is 0.289 e. The molecule has 0 aromatic heterocycles. The molecule has 0 unspecified atom stereocenters. The summed E-state index contributed by atoms with van der Waals surface area (Å²) in [6, 6.07) is 32.4. The van der Waals surface area contributed by atoms with Crippen molar-refractivity contribution in [1.82, 2.24) is 0 Å². The van der Waals surface area contributed by atoms with Crippen molar-refractivity contribution in [3.8, 4) is 0 Å². The van der Waals surface area contributed by atoms with E-state index in [1.807, 2.05) is 0 Å². The molecule has 2 heteroatoms. The van der Waals surface area contributed by atoms with Crippen LogP contribution in [0.3, 0.4) is 0 Å². The summed E-state index contributed by atoms with van der Waals surface area (Å²) in [7, 11) is -2.63. The summed E-state index contributed by atoms with van der Waals surface area (Å²) < 4.78 is 7.14. The molecule has 0 aliphatic heterocycles. The van der Waals surface area contributed by atoms with Gasteiger partial charge in [-0.2, -0.15) is 0 Å². The van der Waals surface area contributed by atoms with Gasteiger partial charge in [-0.05, 0) is 47.8 Å². The second-order valence-electron chi connectivity index (χ2n) is 7.21. The van der Waals surface area contributed by atoms with Gasteiger partial charge < -0.3 is 4.43 Å². The van der Waals surface area contributed by atoms with E-state index in [0.717, 1.165) is 18.9 Å². The Kier molecular flexibility index (Phi) is 5.10. The van der Waals surface area contributed by atoms with E-state index in [1.54, 1.807) is 0 Å². The topological polar surface area (TPSA) is 9.23 Å². The van der Waals surface area contributed by atoms with Crippen molar-refractivity contribution < 1.29 is 4.43 Å². The van der Waals surface area contributed by atoms with Crippen molar-refractivity contribution in [3.05, 3.63) is 108 Å². The fraction of sp³-hybridized carbons (Fsp3) is 0.160. The first kappa shape index (κ1) is 18.0. The molecule has 0 saturated carbocycles. The molecule has 3 aromatic rings. The fourth-order valence-corrected chi connectivity index (χ4v) is 7.89. The van der Waals surface area contributed by atoms with Gasteiger partial charge >= 0.3 is 0 Å². The van der Waals surface area contributed by atoms with Crippen LogP contribution in [0.5, 0.6) is 0 Å². The molecule has 0 heterocycles. The van der Waals surface area contributed by atoms with Gasteiger partial charge in [-0.1, -0.05) is 96.6 Å². The molecule has 3 aromatic carbocycles. The van der Waals surface area contributed by atoms with Gasteiger partial charge in [-0.15, -0.1) is 0 Å². The first-order chi connectivity index (χ1) is 13.2. The van der Waals surface area contributed by atoms with Crippen molar-refractivity contribution in [2.45, 2.75) is 26.7 Å². The summed E-state index contributed by atoms with van der Waals surface area (Å²) >= 11 is 0. The molecule has 1 nitrogen and oxygen atoms in total. The average molecular weight is 370 g/mol. The number of hydrogen-bond acceptors (Lipinski definition) is 1. The monoisotopic (exact) mass is 369 g/mol. The summed E-state index contributed by atoms with van der Waals surface area (Å²) in [4.78, 5) is 0. The number of benzene rings is 3. The van der Waals surface area contributed by atoms with Crippen molar-refractivity contribution in [2.75, 3.05) is 0 Å². The number of rotatable bonds is 5. The smallest absolute Gasteiger partial charge is 0.289 e. The fourth-order valence-electron chi connectivity index (χ4n) is 3.92. The maximum atomic E-state index is 7.14. The van der Waals surface area contributed by atoms with E-state index in [1.165, 1.54) is 26.7 Å². The Morgan fingerprint density at radius 1 is 0.593 bits per heavy atom. The van der Waals surface area contributed by atoms with E-state index in [4.69, 9.17) is 4.43 Å². The highest BCUT2D eigenvalue weighted by Gasteiger charge is 2.45. The van der Waals surface area contributed by atoms with E-state index in [0.29, 0.717) is 0 Å². The molecule has 0 spiro atoms. The molecular weight excluding hydrogens is 344 g/mol. The van der Waals surface area contributed by atoms with Gasteiger partial charge in [-0.25, -0.2) is 0 Å². The molecule has 135 valence electrons. The number of hydrogen-bond donors (Lipinski definition) is 0. The van der Waals surface area contributed by atoms with Crippen LogP contribution >= 0.6 is 0 Å². The highest BCUT2D eigenvalue weighted by atomic mass is 28.4. The van der Waals surface area contributed by atoms with E-state index >= 15 is 0 Å². The average Bonchev–Trinajstić information content (AvgIpc) is 3.06. The Morgan fingerprint density at radius 3 is 1.33 bits per heavy atom. The Morgan fingerprint density at radius 2 is 1.00 bits per heavy atom. The highest BCUT2D eigenvalue weighted by molar-refractivity contribution is 7.07. The van der Waals surface area contributed by atoms with Gasteiger partial charge in [-0.3, -0.25) is 0 Å². The van der Waals surface area contributed by atoms with E-state index in [9.17, 15) is 0 Å². The van der Waals surface area contributed by atoms with Gasteiger partial charge in [0.05, 0.1) is 0 Å². The van der Waals surface area contributed by atoms with Gasteiger partial charge in [0.2, 0.25) is 0 Å². The molecule has 1 radical (unpaired) electrons. The molecule has 1 aliphatic rings. The van der Waals surface area contributed by atoms with Gasteiger partial charge in [0.15, 0.2) is 0 Å². The summed E-state index contributed by atoms with van der Waals surface area (Å²) in [5, 5.41) is 3.85. The van der Waals surface area contributed by atoms with E-state index < -0.39 is 8.32 Å². The molecule has 0 bridgehead atoms. The van der Waals surface area contributed by atoms with Crippen LogP contribution in [0, 0.1) is 6.10 Å². The lowest BCUT2D eigenvalue weighted by atomic mass is 10.2. The van der Waals surface area contributed by atoms with Crippen LogP contribution in [0.1, 0.15) is 26.7 Å². The molecule has 1 aliphatic carbocycles. The highest BCUT2D eigenvalue weighted by Crippen LogP contribution is 2.35.